The number of halogens is 1. The first kappa shape index (κ1) is 30.0. The molecule has 3 aliphatic rings. The molecule has 0 aliphatic carbocycles. The third kappa shape index (κ3) is 6.04. The number of hydrogen-bond donors (Lipinski definition) is 1. The van der Waals surface area contributed by atoms with Gasteiger partial charge in [0.1, 0.15) is 5.54 Å². The fourth-order valence-corrected chi connectivity index (χ4v) is 6.82. The van der Waals surface area contributed by atoms with E-state index in [0.717, 1.165) is 25.9 Å². The Balaban J connectivity index is 0.00000370. The molecule has 3 aliphatic heterocycles. The first-order chi connectivity index (χ1) is 18.6. The summed E-state index contributed by atoms with van der Waals surface area (Å²) in [5, 5.41) is 2.97. The van der Waals surface area contributed by atoms with Crippen molar-refractivity contribution in [1.29, 1.82) is 0 Å². The fraction of sp³-hybridized carbons (Fsp3) is 0.483. The predicted octanol–water partition coefficient (Wildman–Crippen LogP) is 3.05. The van der Waals surface area contributed by atoms with Crippen LogP contribution in [0.3, 0.4) is 0 Å². The average molecular weight is 589 g/mol. The fourth-order valence-electron chi connectivity index (χ4n) is 6.19. The first-order valence-corrected chi connectivity index (χ1v) is 15.5. The standard InChI is InChI=1S/C29H36N4O5S.ClH/c1-3-26(34)32-19-23(25(20-32)22-7-5-4-6-8-22)18-31-15-13-29(14-16-31)27(35)33(28(36)30-29)17-21-9-11-24(12-10-21)39(2,37)38;/h4-12,23,25H,3,13-20H2,1-2H3,(H,30,36);1H/t23-,25+;/m0./s1. The van der Waals surface area contributed by atoms with Crippen molar-refractivity contribution in [3.8, 4) is 0 Å². The zero-order valence-electron chi connectivity index (χ0n) is 22.9. The van der Waals surface area contributed by atoms with Gasteiger partial charge in [0.2, 0.25) is 5.91 Å². The molecule has 11 heteroatoms. The number of amides is 4. The van der Waals surface area contributed by atoms with Crippen molar-refractivity contribution in [3.05, 3.63) is 65.7 Å². The molecule has 0 saturated carbocycles. The van der Waals surface area contributed by atoms with Crippen LogP contribution in [0.1, 0.15) is 43.2 Å². The van der Waals surface area contributed by atoms with E-state index in [1.165, 1.54) is 22.6 Å². The summed E-state index contributed by atoms with van der Waals surface area (Å²) in [7, 11) is -3.32. The van der Waals surface area contributed by atoms with E-state index < -0.39 is 21.4 Å². The van der Waals surface area contributed by atoms with Gasteiger partial charge in [-0.2, -0.15) is 0 Å². The van der Waals surface area contributed by atoms with Crippen LogP contribution in [0.15, 0.2) is 59.5 Å². The van der Waals surface area contributed by atoms with Crippen molar-refractivity contribution in [2.45, 2.75) is 49.1 Å². The summed E-state index contributed by atoms with van der Waals surface area (Å²) in [6.07, 6.45) is 2.70. The minimum atomic E-state index is -3.32. The van der Waals surface area contributed by atoms with Crippen LogP contribution in [0.4, 0.5) is 4.79 Å². The number of nitrogens with zero attached hydrogens (tertiary/aromatic N) is 3. The molecule has 0 aromatic heterocycles. The Kier molecular flexibility index (Phi) is 8.92. The van der Waals surface area contributed by atoms with Crippen LogP contribution in [-0.2, 0) is 26.0 Å². The molecule has 216 valence electrons. The molecule has 2 aromatic carbocycles. The number of sulfone groups is 1. The summed E-state index contributed by atoms with van der Waals surface area (Å²) in [5.41, 5.74) is 1.04. The van der Waals surface area contributed by atoms with Crippen molar-refractivity contribution in [2.24, 2.45) is 5.92 Å². The van der Waals surface area contributed by atoms with Gasteiger partial charge in [0.15, 0.2) is 9.84 Å². The zero-order valence-corrected chi connectivity index (χ0v) is 24.5. The van der Waals surface area contributed by atoms with Gasteiger partial charge in [0.25, 0.3) is 5.91 Å². The molecule has 3 heterocycles. The summed E-state index contributed by atoms with van der Waals surface area (Å²) < 4.78 is 23.5. The summed E-state index contributed by atoms with van der Waals surface area (Å²) >= 11 is 0. The van der Waals surface area contributed by atoms with Crippen molar-refractivity contribution in [1.82, 2.24) is 20.0 Å². The molecular weight excluding hydrogens is 552 g/mol. The topological polar surface area (TPSA) is 107 Å². The average Bonchev–Trinajstić information content (AvgIpc) is 3.44. The number of urea groups is 1. The van der Waals surface area contributed by atoms with E-state index in [1.807, 2.05) is 30.0 Å². The summed E-state index contributed by atoms with van der Waals surface area (Å²) in [4.78, 5) is 44.5. The van der Waals surface area contributed by atoms with Crippen molar-refractivity contribution < 1.29 is 22.8 Å². The Labute approximate surface area is 242 Å². The van der Waals surface area contributed by atoms with Gasteiger partial charge in [-0.25, -0.2) is 13.2 Å². The smallest absolute Gasteiger partial charge is 0.325 e. The number of benzene rings is 2. The minimum Gasteiger partial charge on any atom is -0.342 e. The van der Waals surface area contributed by atoms with Gasteiger partial charge in [-0.05, 0) is 42.0 Å². The lowest BCUT2D eigenvalue weighted by Crippen LogP contribution is -2.55. The SMILES string of the molecule is CCC(=O)N1C[C@H](CN2CCC3(CC2)NC(=O)N(Cc2ccc(S(C)(=O)=O)cc2)C3=O)[C@@H](c2ccccc2)C1.Cl. The number of carbonyl (C=O) groups excluding carboxylic acids is 3. The van der Waals surface area contributed by atoms with Crippen LogP contribution < -0.4 is 5.32 Å². The van der Waals surface area contributed by atoms with E-state index in [9.17, 15) is 22.8 Å². The molecule has 1 N–H and O–H groups in total. The molecule has 4 amide bonds. The second-order valence-corrected chi connectivity index (χ2v) is 13.1. The molecule has 1 spiro atoms. The molecule has 2 aromatic rings. The Hall–Kier alpha value is -2.95. The highest BCUT2D eigenvalue weighted by Gasteiger charge is 2.52. The predicted molar refractivity (Wildman–Crippen MR) is 154 cm³/mol. The van der Waals surface area contributed by atoms with Crippen LogP contribution in [0.2, 0.25) is 0 Å². The van der Waals surface area contributed by atoms with Crippen LogP contribution in [-0.4, -0.2) is 85.5 Å². The highest BCUT2D eigenvalue weighted by atomic mass is 35.5. The van der Waals surface area contributed by atoms with E-state index in [0.29, 0.717) is 43.8 Å². The first-order valence-electron chi connectivity index (χ1n) is 13.6. The number of hydrogen-bond acceptors (Lipinski definition) is 6. The minimum absolute atomic E-state index is 0. The maximum absolute atomic E-state index is 13.4. The maximum Gasteiger partial charge on any atom is 0.325 e. The highest BCUT2D eigenvalue weighted by Crippen LogP contribution is 2.36. The van der Waals surface area contributed by atoms with Crippen LogP contribution in [0.5, 0.6) is 0 Å². The van der Waals surface area contributed by atoms with Gasteiger partial charge in [0, 0.05) is 51.3 Å². The van der Waals surface area contributed by atoms with E-state index in [4.69, 9.17) is 0 Å². The Morgan fingerprint density at radius 2 is 1.65 bits per heavy atom. The van der Waals surface area contributed by atoms with Crippen molar-refractivity contribution in [3.63, 3.8) is 0 Å². The Bertz CT molecular complexity index is 1340. The van der Waals surface area contributed by atoms with Gasteiger partial charge in [-0.3, -0.25) is 14.5 Å². The number of likely N-dealkylation sites (tertiary alicyclic amines) is 2. The lowest BCUT2D eigenvalue weighted by atomic mass is 9.85. The molecule has 9 nitrogen and oxygen atoms in total. The molecule has 0 radical (unpaired) electrons. The summed E-state index contributed by atoms with van der Waals surface area (Å²) in [6, 6.07) is 16.2. The number of imide groups is 1. The van der Waals surface area contributed by atoms with Crippen LogP contribution in [0.25, 0.3) is 0 Å². The summed E-state index contributed by atoms with van der Waals surface area (Å²) in [5.74, 6) is 0.538. The van der Waals surface area contributed by atoms with E-state index in [1.54, 1.807) is 12.1 Å². The molecule has 5 rings (SSSR count). The molecule has 2 atom stereocenters. The second-order valence-electron chi connectivity index (χ2n) is 11.0. The number of rotatable bonds is 7. The Morgan fingerprint density at radius 1 is 1.00 bits per heavy atom. The van der Waals surface area contributed by atoms with Gasteiger partial charge in [0.05, 0.1) is 11.4 Å². The van der Waals surface area contributed by atoms with Crippen LogP contribution >= 0.6 is 12.4 Å². The van der Waals surface area contributed by atoms with Gasteiger partial charge in [-0.1, -0.05) is 49.4 Å². The zero-order chi connectivity index (χ0) is 27.8. The molecule has 0 unspecified atom stereocenters. The molecule has 0 bridgehead atoms. The monoisotopic (exact) mass is 588 g/mol. The lowest BCUT2D eigenvalue weighted by molar-refractivity contribution is -0.133. The molecular formula is C29H37ClN4O5S. The van der Waals surface area contributed by atoms with E-state index in [-0.39, 0.29) is 41.6 Å². The molecule has 3 saturated heterocycles. The van der Waals surface area contributed by atoms with Crippen molar-refractivity contribution in [2.75, 3.05) is 39.0 Å². The van der Waals surface area contributed by atoms with Gasteiger partial charge >= 0.3 is 6.03 Å². The molecule has 40 heavy (non-hydrogen) atoms. The second kappa shape index (κ2) is 11.9. The van der Waals surface area contributed by atoms with Gasteiger partial charge < -0.3 is 15.1 Å². The maximum atomic E-state index is 13.4. The third-order valence-electron chi connectivity index (χ3n) is 8.46. The quantitative estimate of drug-likeness (QED) is 0.498. The van der Waals surface area contributed by atoms with E-state index >= 15 is 0 Å². The normalized spacial score (nSPS) is 22.9. The van der Waals surface area contributed by atoms with Gasteiger partial charge in [-0.15, -0.1) is 12.4 Å². The lowest BCUT2D eigenvalue weighted by Gasteiger charge is -2.38. The number of carbonyl (C=O) groups is 3. The van der Waals surface area contributed by atoms with Crippen molar-refractivity contribution >= 4 is 40.1 Å². The number of piperidine rings is 1. The molecule has 3 fully saturated rings. The third-order valence-corrected chi connectivity index (χ3v) is 9.59. The van der Waals surface area contributed by atoms with Crippen LogP contribution in [0, 0.1) is 5.92 Å². The largest absolute Gasteiger partial charge is 0.342 e. The van der Waals surface area contributed by atoms with E-state index in [2.05, 4.69) is 22.3 Å². The Morgan fingerprint density at radius 3 is 2.25 bits per heavy atom. The highest BCUT2D eigenvalue weighted by molar-refractivity contribution is 7.90. The summed E-state index contributed by atoms with van der Waals surface area (Å²) in [6.45, 7) is 5.66. The number of nitrogens with one attached hydrogen (secondary N) is 1.